The highest BCUT2D eigenvalue weighted by molar-refractivity contribution is 6.23. The summed E-state index contributed by atoms with van der Waals surface area (Å²) < 4.78 is 41.8. The van der Waals surface area contributed by atoms with Crippen LogP contribution in [0.5, 0.6) is 0 Å². The van der Waals surface area contributed by atoms with Crippen molar-refractivity contribution in [2.45, 2.75) is 82.3 Å². The van der Waals surface area contributed by atoms with E-state index < -0.39 is 48.4 Å². The molecule has 6 heterocycles. The third-order valence-electron chi connectivity index (χ3n) is 12.4. The molecule has 6 aliphatic rings. The number of hydrogen-bond acceptors (Lipinski definition) is 12. The summed E-state index contributed by atoms with van der Waals surface area (Å²) in [6.07, 6.45) is 3.38. The lowest BCUT2D eigenvalue weighted by atomic mass is 9.59. The summed E-state index contributed by atoms with van der Waals surface area (Å²) in [6.45, 7) is 6.41. The predicted molar refractivity (Wildman–Crippen MR) is 186 cm³/mol. The van der Waals surface area contributed by atoms with Crippen LogP contribution >= 0.6 is 0 Å². The van der Waals surface area contributed by atoms with Gasteiger partial charge in [0.15, 0.2) is 0 Å². The van der Waals surface area contributed by atoms with Gasteiger partial charge in [0.1, 0.15) is 12.6 Å². The van der Waals surface area contributed by atoms with Gasteiger partial charge in [-0.05, 0) is 87.7 Å². The van der Waals surface area contributed by atoms with E-state index in [9.17, 15) is 37.1 Å². The van der Waals surface area contributed by atoms with Crippen LogP contribution < -0.4 is 15.1 Å². The Morgan fingerprint density at radius 2 is 1.52 bits per heavy atom. The first-order valence-corrected chi connectivity index (χ1v) is 18.8. The van der Waals surface area contributed by atoms with Gasteiger partial charge in [-0.25, -0.2) is 14.8 Å². The van der Waals surface area contributed by atoms with Gasteiger partial charge in [0.25, 0.3) is 11.8 Å². The highest BCUT2D eigenvalue weighted by Crippen LogP contribution is 2.52. The first-order chi connectivity index (χ1) is 25.9. The highest BCUT2D eigenvalue weighted by Gasteiger charge is 2.49. The lowest BCUT2D eigenvalue weighted by Crippen LogP contribution is -2.58. The number of aromatic nitrogens is 2. The van der Waals surface area contributed by atoms with E-state index in [2.05, 4.69) is 34.7 Å². The number of carbonyl (C=O) groups is 5. The van der Waals surface area contributed by atoms with Gasteiger partial charge in [-0.2, -0.15) is 13.2 Å². The number of esters is 1. The molecule has 5 aliphatic heterocycles. The number of piperidine rings is 3. The van der Waals surface area contributed by atoms with Gasteiger partial charge < -0.3 is 19.4 Å². The minimum atomic E-state index is -5.04. The Hall–Kier alpha value is -4.64. The molecule has 4 saturated heterocycles. The van der Waals surface area contributed by atoms with Crippen molar-refractivity contribution in [2.75, 3.05) is 62.2 Å². The molecule has 288 valence electrons. The predicted octanol–water partition coefficient (Wildman–Crippen LogP) is 2.52. The molecule has 1 spiro atoms. The van der Waals surface area contributed by atoms with E-state index in [1.165, 1.54) is 25.1 Å². The molecule has 4 amide bonds. The van der Waals surface area contributed by atoms with Crippen LogP contribution in [-0.2, 0) is 25.7 Å². The lowest BCUT2D eigenvalue weighted by Gasteiger charge is -2.57. The highest BCUT2D eigenvalue weighted by atomic mass is 19.4. The maximum atomic E-state index is 13.3. The minimum Gasteiger partial charge on any atom is -0.453 e. The fourth-order valence-electron chi connectivity index (χ4n) is 9.24. The fourth-order valence-corrected chi connectivity index (χ4v) is 9.24. The summed E-state index contributed by atoms with van der Waals surface area (Å²) in [7, 11) is 0. The maximum absolute atomic E-state index is 13.3. The molecule has 1 N–H and O–H groups in total. The molecule has 1 aromatic carbocycles. The molecule has 0 radical (unpaired) electrons. The van der Waals surface area contributed by atoms with E-state index >= 15 is 0 Å². The monoisotopic (exact) mass is 752 g/mol. The number of nitrogens with one attached hydrogen (secondary N) is 1. The molecule has 1 atom stereocenters. The van der Waals surface area contributed by atoms with Crippen LogP contribution in [0.1, 0.15) is 77.8 Å². The molecule has 5 fully saturated rings. The Morgan fingerprint density at radius 3 is 2.20 bits per heavy atom. The fraction of sp³-hybridized carbons (Fsp3) is 0.595. The van der Waals surface area contributed by atoms with Crippen molar-refractivity contribution in [1.29, 1.82) is 0 Å². The third-order valence-corrected chi connectivity index (χ3v) is 12.4. The van der Waals surface area contributed by atoms with E-state index in [0.717, 1.165) is 75.5 Å². The van der Waals surface area contributed by atoms with Crippen molar-refractivity contribution in [3.63, 3.8) is 0 Å². The number of benzene rings is 1. The van der Waals surface area contributed by atoms with Crippen LogP contribution in [-0.4, -0.2) is 131 Å². The van der Waals surface area contributed by atoms with Gasteiger partial charge in [0.05, 0.1) is 16.8 Å². The summed E-state index contributed by atoms with van der Waals surface area (Å²) >= 11 is 0. The summed E-state index contributed by atoms with van der Waals surface area (Å²) in [6, 6.07) is 6.92. The maximum Gasteiger partial charge on any atom is 0.490 e. The van der Waals surface area contributed by atoms with Crippen molar-refractivity contribution in [2.24, 2.45) is 5.41 Å². The van der Waals surface area contributed by atoms with Crippen LogP contribution in [0.3, 0.4) is 0 Å². The minimum absolute atomic E-state index is 0.0881. The lowest BCUT2D eigenvalue weighted by molar-refractivity contribution is -0.201. The topological polar surface area (TPSA) is 149 Å². The van der Waals surface area contributed by atoms with Gasteiger partial charge in [-0.1, -0.05) is 0 Å². The summed E-state index contributed by atoms with van der Waals surface area (Å²) in [5.41, 5.74) is 2.06. The molecular weight excluding hydrogens is 709 g/mol. The van der Waals surface area contributed by atoms with E-state index in [4.69, 9.17) is 0 Å². The molecule has 8 rings (SSSR count). The number of fused-ring (bicyclic) bond motifs is 1. The standard InChI is InChI=1S/C37H43F3N8O6/c38-37(39,40)34(53)54-22-23-5-10-41-35(42-23)47-17-15-46(16-18-47)24-6-11-44(12-7-24)26-20-36(21-26)8-13-45(14-9-36)25-1-2-27-28(19-25)33(52)48(32(27)51)29-3-4-30(49)43-31(29)50/h1-2,5,10,19,24,26,29H,3-4,6-9,11-18,20-22H2,(H,43,49,50). The Morgan fingerprint density at radius 1 is 0.833 bits per heavy atom. The smallest absolute Gasteiger partial charge is 0.453 e. The number of alkyl halides is 3. The number of amides is 4. The van der Waals surface area contributed by atoms with Gasteiger partial charge >= 0.3 is 12.1 Å². The second kappa shape index (κ2) is 14.2. The largest absolute Gasteiger partial charge is 0.490 e. The van der Waals surface area contributed by atoms with Crippen LogP contribution in [0.25, 0.3) is 0 Å². The van der Waals surface area contributed by atoms with Crippen LogP contribution in [0.15, 0.2) is 30.5 Å². The summed E-state index contributed by atoms with van der Waals surface area (Å²) in [4.78, 5) is 80.7. The third kappa shape index (κ3) is 7.03. The van der Waals surface area contributed by atoms with Gasteiger partial charge in [-0.3, -0.25) is 34.3 Å². The number of nitrogens with zero attached hydrogens (tertiary/aromatic N) is 7. The molecule has 0 bridgehead atoms. The van der Waals surface area contributed by atoms with Gasteiger partial charge in [0, 0.05) is 69.7 Å². The molecule has 1 unspecified atom stereocenters. The van der Waals surface area contributed by atoms with Gasteiger partial charge in [-0.15, -0.1) is 0 Å². The molecule has 1 aliphatic carbocycles. The van der Waals surface area contributed by atoms with E-state index in [1.807, 2.05) is 11.0 Å². The van der Waals surface area contributed by atoms with Crippen molar-refractivity contribution >= 4 is 41.2 Å². The number of rotatable bonds is 7. The van der Waals surface area contributed by atoms with E-state index in [-0.39, 0.29) is 18.5 Å². The zero-order valence-electron chi connectivity index (χ0n) is 29.9. The Kier molecular flexibility index (Phi) is 9.57. The molecule has 1 saturated carbocycles. The first-order valence-electron chi connectivity index (χ1n) is 18.8. The van der Waals surface area contributed by atoms with Crippen LogP contribution in [0.2, 0.25) is 0 Å². The molecule has 54 heavy (non-hydrogen) atoms. The average molecular weight is 753 g/mol. The number of carbonyl (C=O) groups excluding carboxylic acids is 5. The zero-order chi connectivity index (χ0) is 37.8. The second-order valence-electron chi connectivity index (χ2n) is 15.4. The first kappa shape index (κ1) is 36.3. The number of likely N-dealkylation sites (tertiary alicyclic amines) is 1. The molecule has 14 nitrogen and oxygen atoms in total. The molecule has 1 aromatic heterocycles. The van der Waals surface area contributed by atoms with Crippen molar-refractivity contribution in [3.8, 4) is 0 Å². The van der Waals surface area contributed by atoms with Crippen molar-refractivity contribution < 1.29 is 41.9 Å². The quantitative estimate of drug-likeness (QED) is 0.328. The van der Waals surface area contributed by atoms with Crippen molar-refractivity contribution in [3.05, 3.63) is 47.3 Å². The van der Waals surface area contributed by atoms with Crippen LogP contribution in [0.4, 0.5) is 24.8 Å². The summed E-state index contributed by atoms with van der Waals surface area (Å²) in [5.74, 6) is -3.80. The number of hydrogen-bond donors (Lipinski definition) is 1. The Balaban J connectivity index is 0.770. The van der Waals surface area contributed by atoms with Crippen molar-refractivity contribution in [1.82, 2.24) is 30.0 Å². The number of ether oxygens (including phenoxy) is 1. The number of imide groups is 2. The summed E-state index contributed by atoms with van der Waals surface area (Å²) in [5, 5.41) is 2.24. The number of anilines is 2. The second-order valence-corrected chi connectivity index (χ2v) is 15.4. The zero-order valence-corrected chi connectivity index (χ0v) is 29.9. The van der Waals surface area contributed by atoms with Crippen LogP contribution in [0, 0.1) is 5.41 Å². The SMILES string of the molecule is O=C1CCC(N2C(=O)c3ccc(N4CCC5(CC4)CC(N4CCC(N6CCN(c7nccc(COC(=O)C(F)(F)F)n7)CC6)CC4)C5)cc3C2=O)C(=O)N1. The Bertz CT molecular complexity index is 1830. The molecule has 17 heteroatoms. The number of halogens is 3. The van der Waals surface area contributed by atoms with E-state index in [1.54, 1.807) is 12.1 Å². The van der Waals surface area contributed by atoms with Gasteiger partial charge in [0.2, 0.25) is 17.8 Å². The molecule has 2 aromatic rings. The molecular formula is C37H43F3N8O6. The number of piperazine rings is 1. The average Bonchev–Trinajstić information content (AvgIpc) is 3.40. The normalized spacial score (nSPS) is 24.5. The van der Waals surface area contributed by atoms with E-state index in [0.29, 0.717) is 47.7 Å². The Labute approximate surface area is 310 Å².